The molecule has 3 aromatic rings. The van der Waals surface area contributed by atoms with E-state index < -0.39 is 11.9 Å². The van der Waals surface area contributed by atoms with Gasteiger partial charge in [0.25, 0.3) is 5.91 Å². The molecule has 10 nitrogen and oxygen atoms in total. The molecule has 2 N–H and O–H groups in total. The maximum Gasteiger partial charge on any atom is 0.326 e. The number of benzene rings is 1. The fourth-order valence-corrected chi connectivity index (χ4v) is 3.69. The zero-order valence-electron chi connectivity index (χ0n) is 17.7. The number of carbonyl (C=O) groups excluding carboxylic acids is 2. The van der Waals surface area contributed by atoms with Gasteiger partial charge in [-0.15, -0.1) is 0 Å². The Morgan fingerprint density at radius 1 is 0.970 bits per heavy atom. The molecule has 2 aliphatic rings. The Morgan fingerprint density at radius 3 is 2.45 bits per heavy atom. The number of hydrogen-bond donors (Lipinski definition) is 2. The maximum absolute atomic E-state index is 11.9. The van der Waals surface area contributed by atoms with Crippen LogP contribution in [0.4, 0.5) is 16.4 Å². The van der Waals surface area contributed by atoms with Gasteiger partial charge in [0.15, 0.2) is 0 Å². The van der Waals surface area contributed by atoms with Crippen molar-refractivity contribution in [2.45, 2.75) is 6.61 Å². The van der Waals surface area contributed by atoms with Gasteiger partial charge in [-0.25, -0.2) is 9.78 Å². The summed E-state index contributed by atoms with van der Waals surface area (Å²) in [6, 6.07) is 14.9. The van der Waals surface area contributed by atoms with Crippen LogP contribution in [0.15, 0.2) is 64.9 Å². The van der Waals surface area contributed by atoms with Gasteiger partial charge < -0.3 is 24.3 Å². The van der Waals surface area contributed by atoms with Crippen LogP contribution < -0.4 is 25.2 Å². The van der Waals surface area contributed by atoms with Gasteiger partial charge in [-0.2, -0.15) is 4.98 Å². The highest BCUT2D eigenvalue weighted by Crippen LogP contribution is 2.22. The Bertz CT molecular complexity index is 1170. The van der Waals surface area contributed by atoms with E-state index in [-0.39, 0.29) is 12.3 Å². The van der Waals surface area contributed by atoms with Crippen LogP contribution in [0, 0.1) is 0 Å². The lowest BCUT2D eigenvalue weighted by Crippen LogP contribution is -2.47. The van der Waals surface area contributed by atoms with Gasteiger partial charge in [0.2, 0.25) is 11.8 Å². The highest BCUT2D eigenvalue weighted by Gasteiger charge is 2.24. The van der Waals surface area contributed by atoms with Crippen LogP contribution >= 0.6 is 0 Å². The number of rotatable bonds is 6. The molecule has 10 heteroatoms. The molecule has 0 radical (unpaired) electrons. The number of amides is 3. The van der Waals surface area contributed by atoms with E-state index in [1.54, 1.807) is 18.4 Å². The van der Waals surface area contributed by atoms with Crippen molar-refractivity contribution in [1.82, 2.24) is 20.6 Å². The predicted molar refractivity (Wildman–Crippen MR) is 121 cm³/mol. The molecule has 1 aromatic carbocycles. The first-order valence-electron chi connectivity index (χ1n) is 10.6. The van der Waals surface area contributed by atoms with E-state index in [0.717, 1.165) is 26.2 Å². The largest absolute Gasteiger partial charge is 0.469 e. The number of carbonyl (C=O) groups is 2. The Labute approximate surface area is 189 Å². The summed E-state index contributed by atoms with van der Waals surface area (Å²) in [5, 5.41) is 4.66. The van der Waals surface area contributed by atoms with Crippen LogP contribution in [0.1, 0.15) is 11.5 Å². The minimum Gasteiger partial charge on any atom is -0.469 e. The number of nitrogens with one attached hydrogen (secondary N) is 2. The standard InChI is InChI=1S/C23H22N6O4/c30-21-19(25-23(31)27-21)13-16-14-20(33-15-18-7-4-12-32-18)26-22(24-16)29-10-8-28(9-11-29)17-5-2-1-3-6-17/h1-7,12-14H,8-11,15H2,(H2,25,27,30,31)/b19-13-. The number of urea groups is 1. The molecule has 2 aliphatic heterocycles. The quantitative estimate of drug-likeness (QED) is 0.438. The van der Waals surface area contributed by atoms with E-state index in [9.17, 15) is 9.59 Å². The van der Waals surface area contributed by atoms with Crippen molar-refractivity contribution < 1.29 is 18.7 Å². The van der Waals surface area contributed by atoms with Crippen molar-refractivity contribution in [3.8, 4) is 5.88 Å². The molecule has 5 rings (SSSR count). The molecule has 0 aliphatic carbocycles. The zero-order chi connectivity index (χ0) is 22.6. The van der Waals surface area contributed by atoms with Crippen LogP contribution in [0.5, 0.6) is 5.88 Å². The smallest absolute Gasteiger partial charge is 0.326 e. The Kier molecular flexibility index (Phi) is 5.62. The number of furan rings is 1. The monoisotopic (exact) mass is 446 g/mol. The SMILES string of the molecule is O=C1NC(=O)/C(=C/c2cc(OCc3ccco3)nc(N3CCN(c4ccccc4)CC3)n2)N1. The first-order valence-corrected chi connectivity index (χ1v) is 10.6. The van der Waals surface area contributed by atoms with Crippen molar-refractivity contribution in [2.24, 2.45) is 0 Å². The van der Waals surface area contributed by atoms with E-state index in [2.05, 4.69) is 42.5 Å². The summed E-state index contributed by atoms with van der Waals surface area (Å²) >= 11 is 0. The highest BCUT2D eigenvalue weighted by atomic mass is 16.5. The third-order valence-electron chi connectivity index (χ3n) is 5.35. The van der Waals surface area contributed by atoms with Gasteiger partial charge in [0.1, 0.15) is 18.1 Å². The Hall–Kier alpha value is -4.34. The molecule has 168 valence electrons. The van der Waals surface area contributed by atoms with Crippen molar-refractivity contribution in [1.29, 1.82) is 0 Å². The van der Waals surface area contributed by atoms with Crippen molar-refractivity contribution in [3.05, 3.63) is 71.9 Å². The summed E-state index contributed by atoms with van der Waals surface area (Å²) in [6.07, 6.45) is 3.08. The molecule has 2 aromatic heterocycles. The van der Waals surface area contributed by atoms with Crippen LogP contribution in [-0.4, -0.2) is 48.1 Å². The molecule has 0 unspecified atom stereocenters. The van der Waals surface area contributed by atoms with Crippen molar-refractivity contribution in [3.63, 3.8) is 0 Å². The fourth-order valence-electron chi connectivity index (χ4n) is 3.69. The number of piperazine rings is 1. The molecule has 0 saturated carbocycles. The zero-order valence-corrected chi connectivity index (χ0v) is 17.7. The van der Waals surface area contributed by atoms with E-state index in [1.807, 2.05) is 24.3 Å². The van der Waals surface area contributed by atoms with Crippen LogP contribution in [0.2, 0.25) is 0 Å². The second kappa shape index (κ2) is 9.03. The van der Waals surface area contributed by atoms with Gasteiger partial charge in [0.05, 0.1) is 12.0 Å². The van der Waals surface area contributed by atoms with E-state index in [1.165, 1.54) is 11.8 Å². The molecule has 0 bridgehead atoms. The van der Waals surface area contributed by atoms with E-state index >= 15 is 0 Å². The third kappa shape index (κ3) is 4.79. The Balaban J connectivity index is 1.37. The first kappa shape index (κ1) is 20.6. The highest BCUT2D eigenvalue weighted by molar-refractivity contribution is 6.13. The summed E-state index contributed by atoms with van der Waals surface area (Å²) in [5.41, 5.74) is 1.75. The molecule has 0 spiro atoms. The summed E-state index contributed by atoms with van der Waals surface area (Å²) in [6.45, 7) is 3.30. The van der Waals surface area contributed by atoms with Gasteiger partial charge in [0, 0.05) is 37.9 Å². The lowest BCUT2D eigenvalue weighted by molar-refractivity contribution is -0.115. The topological polar surface area (TPSA) is 113 Å². The molecular formula is C23H22N6O4. The number of nitrogens with zero attached hydrogens (tertiary/aromatic N) is 4. The van der Waals surface area contributed by atoms with Crippen molar-refractivity contribution in [2.75, 3.05) is 36.0 Å². The second-order valence-corrected chi connectivity index (χ2v) is 7.57. The molecule has 2 saturated heterocycles. The Morgan fingerprint density at radius 2 is 1.76 bits per heavy atom. The normalized spacial score (nSPS) is 17.3. The summed E-state index contributed by atoms with van der Waals surface area (Å²) in [5.74, 6) is 0.998. The first-order chi connectivity index (χ1) is 16.1. The number of aromatic nitrogens is 2. The van der Waals surface area contributed by atoms with Crippen LogP contribution in [0.3, 0.4) is 0 Å². The molecule has 3 amide bonds. The number of hydrogen-bond acceptors (Lipinski definition) is 8. The summed E-state index contributed by atoms with van der Waals surface area (Å²) in [4.78, 5) is 37.0. The van der Waals surface area contributed by atoms with E-state index in [0.29, 0.717) is 23.3 Å². The minimum absolute atomic E-state index is 0.121. The van der Waals surface area contributed by atoms with Crippen LogP contribution in [-0.2, 0) is 11.4 Å². The summed E-state index contributed by atoms with van der Waals surface area (Å²) in [7, 11) is 0. The third-order valence-corrected chi connectivity index (χ3v) is 5.35. The van der Waals surface area contributed by atoms with Crippen LogP contribution in [0.25, 0.3) is 6.08 Å². The number of ether oxygens (including phenoxy) is 1. The molecule has 2 fully saturated rings. The molecule has 33 heavy (non-hydrogen) atoms. The average molecular weight is 446 g/mol. The predicted octanol–water partition coefficient (Wildman–Crippen LogP) is 2.16. The average Bonchev–Trinajstić information content (AvgIpc) is 3.47. The molecule has 0 atom stereocenters. The van der Waals surface area contributed by atoms with Gasteiger partial charge in [-0.05, 0) is 30.3 Å². The van der Waals surface area contributed by atoms with Gasteiger partial charge >= 0.3 is 6.03 Å². The molecular weight excluding hydrogens is 424 g/mol. The lowest BCUT2D eigenvalue weighted by Gasteiger charge is -2.36. The number of para-hydroxylation sites is 1. The summed E-state index contributed by atoms with van der Waals surface area (Å²) < 4.78 is 11.1. The van der Waals surface area contributed by atoms with Gasteiger partial charge in [-0.3, -0.25) is 10.1 Å². The van der Waals surface area contributed by atoms with Crippen molar-refractivity contribution >= 4 is 29.7 Å². The van der Waals surface area contributed by atoms with Gasteiger partial charge in [-0.1, -0.05) is 18.2 Å². The fraction of sp³-hybridized carbons (Fsp3) is 0.217. The number of anilines is 2. The van der Waals surface area contributed by atoms with E-state index in [4.69, 9.17) is 9.15 Å². The second-order valence-electron chi connectivity index (χ2n) is 7.57. The minimum atomic E-state index is -0.563. The maximum atomic E-state index is 11.9. The lowest BCUT2D eigenvalue weighted by atomic mass is 10.2. The molecule has 4 heterocycles. The number of imide groups is 1.